The summed E-state index contributed by atoms with van der Waals surface area (Å²) in [6.45, 7) is 1.34. The van der Waals surface area contributed by atoms with Crippen LogP contribution in [0.1, 0.15) is 28.8 Å². The summed E-state index contributed by atoms with van der Waals surface area (Å²) in [5, 5.41) is 7.36. The summed E-state index contributed by atoms with van der Waals surface area (Å²) in [5.41, 5.74) is 2.73. The minimum atomic E-state index is -0.578. The number of aromatic nitrogens is 2. The Hall–Kier alpha value is -3.45. The van der Waals surface area contributed by atoms with Gasteiger partial charge in [0.25, 0.3) is 5.91 Å². The second kappa shape index (κ2) is 10.0. The topological polar surface area (TPSA) is 82.5 Å². The molecule has 7 heteroatoms. The molecule has 1 N–H and O–H groups in total. The Labute approximate surface area is 181 Å². The van der Waals surface area contributed by atoms with Gasteiger partial charge in [0.1, 0.15) is 11.3 Å². The number of rotatable bonds is 8. The van der Waals surface area contributed by atoms with Crippen molar-refractivity contribution in [2.45, 2.75) is 25.5 Å². The van der Waals surface area contributed by atoms with Gasteiger partial charge in [0.2, 0.25) is 0 Å². The number of nitrogens with zero attached hydrogens (tertiary/aromatic N) is 2. The quantitative estimate of drug-likeness (QED) is 0.568. The molecular weight excluding hydrogens is 394 g/mol. The Morgan fingerprint density at radius 1 is 1.10 bits per heavy atom. The zero-order valence-electron chi connectivity index (χ0n) is 17.2. The average Bonchev–Trinajstić information content (AvgIpc) is 3.47. The number of esters is 1. The Bertz CT molecular complexity index is 1010. The molecule has 1 fully saturated rings. The van der Waals surface area contributed by atoms with E-state index in [2.05, 4.69) is 10.4 Å². The molecule has 2 heterocycles. The van der Waals surface area contributed by atoms with Gasteiger partial charge in [0.05, 0.1) is 12.6 Å². The van der Waals surface area contributed by atoms with Gasteiger partial charge in [-0.1, -0.05) is 60.7 Å². The van der Waals surface area contributed by atoms with Crippen LogP contribution in [0, 0.1) is 0 Å². The van der Waals surface area contributed by atoms with Crippen molar-refractivity contribution in [1.29, 1.82) is 0 Å². The van der Waals surface area contributed by atoms with Gasteiger partial charge in [-0.2, -0.15) is 5.10 Å². The van der Waals surface area contributed by atoms with Crippen LogP contribution in [0.15, 0.2) is 66.9 Å². The Kier molecular flexibility index (Phi) is 6.74. The second-order valence-corrected chi connectivity index (χ2v) is 7.46. The van der Waals surface area contributed by atoms with Crippen LogP contribution in [-0.2, 0) is 20.8 Å². The molecule has 0 unspecified atom stereocenters. The zero-order valence-corrected chi connectivity index (χ0v) is 17.2. The van der Waals surface area contributed by atoms with Crippen LogP contribution in [0.25, 0.3) is 11.3 Å². The van der Waals surface area contributed by atoms with Crippen LogP contribution in [-0.4, -0.2) is 47.5 Å². The van der Waals surface area contributed by atoms with Crippen molar-refractivity contribution in [2.75, 3.05) is 19.8 Å². The highest BCUT2D eigenvalue weighted by atomic mass is 16.5. The molecule has 31 heavy (non-hydrogen) atoms. The molecule has 0 aliphatic carbocycles. The first kappa shape index (κ1) is 20.8. The molecule has 7 nitrogen and oxygen atoms in total. The van der Waals surface area contributed by atoms with Crippen LogP contribution in [0.3, 0.4) is 0 Å². The van der Waals surface area contributed by atoms with E-state index in [0.717, 1.165) is 30.6 Å². The molecule has 2 aromatic carbocycles. The fourth-order valence-corrected chi connectivity index (χ4v) is 3.52. The Morgan fingerprint density at radius 3 is 2.55 bits per heavy atom. The summed E-state index contributed by atoms with van der Waals surface area (Å²) in [6.07, 6.45) is 3.65. The molecule has 0 spiro atoms. The number of amides is 1. The maximum absolute atomic E-state index is 12.8. The number of hydrogen-bond donors (Lipinski definition) is 1. The van der Waals surface area contributed by atoms with Gasteiger partial charge < -0.3 is 14.8 Å². The molecule has 3 aromatic rings. The number of benzene rings is 2. The van der Waals surface area contributed by atoms with Gasteiger partial charge in [-0.25, -0.2) is 4.79 Å². The summed E-state index contributed by atoms with van der Waals surface area (Å²) in [5.74, 6) is -0.924. The first-order chi connectivity index (χ1) is 15.2. The zero-order chi connectivity index (χ0) is 21.5. The van der Waals surface area contributed by atoms with Crippen molar-refractivity contribution in [3.8, 4) is 11.3 Å². The normalized spacial score (nSPS) is 15.5. The standard InChI is InChI=1S/C24H25N3O4/c28-22(25-14-20-12-7-13-30-20)17-31-24(29)21-16-27(15-18-8-3-1-4-9-18)26-23(21)19-10-5-2-6-11-19/h1-6,8-11,16,20H,7,12-15,17H2,(H,25,28)/t20-/m1/s1. The molecule has 1 aliphatic heterocycles. The molecule has 160 valence electrons. The second-order valence-electron chi connectivity index (χ2n) is 7.46. The third kappa shape index (κ3) is 5.58. The SMILES string of the molecule is O=C(COC(=O)c1cn(Cc2ccccc2)nc1-c1ccccc1)NC[C@H]1CCCO1. The molecule has 0 bridgehead atoms. The van der Waals surface area contributed by atoms with E-state index in [1.165, 1.54) is 0 Å². The number of carbonyl (C=O) groups is 2. The fraction of sp³-hybridized carbons (Fsp3) is 0.292. The molecule has 0 saturated carbocycles. The summed E-state index contributed by atoms with van der Waals surface area (Å²) in [7, 11) is 0. The van der Waals surface area contributed by atoms with Gasteiger partial charge in [0.15, 0.2) is 6.61 Å². The number of ether oxygens (including phenoxy) is 2. The molecule has 0 radical (unpaired) electrons. The predicted molar refractivity (Wildman–Crippen MR) is 115 cm³/mol. The lowest BCUT2D eigenvalue weighted by atomic mass is 10.1. The predicted octanol–water partition coefficient (Wildman–Crippen LogP) is 3.05. The van der Waals surface area contributed by atoms with E-state index >= 15 is 0 Å². The first-order valence-electron chi connectivity index (χ1n) is 10.4. The smallest absolute Gasteiger partial charge is 0.342 e. The van der Waals surface area contributed by atoms with Crippen molar-refractivity contribution in [3.63, 3.8) is 0 Å². The third-order valence-corrected chi connectivity index (χ3v) is 5.10. The van der Waals surface area contributed by atoms with E-state index in [1.807, 2.05) is 60.7 Å². The van der Waals surface area contributed by atoms with Crippen LogP contribution < -0.4 is 5.32 Å². The molecule has 1 amide bonds. The van der Waals surface area contributed by atoms with E-state index in [9.17, 15) is 9.59 Å². The van der Waals surface area contributed by atoms with Crippen molar-refractivity contribution in [1.82, 2.24) is 15.1 Å². The fourth-order valence-electron chi connectivity index (χ4n) is 3.52. The Morgan fingerprint density at radius 2 is 1.84 bits per heavy atom. The van der Waals surface area contributed by atoms with Crippen molar-refractivity contribution in [2.24, 2.45) is 0 Å². The largest absolute Gasteiger partial charge is 0.452 e. The molecule has 1 aliphatic rings. The van der Waals surface area contributed by atoms with E-state index < -0.39 is 5.97 Å². The lowest BCUT2D eigenvalue weighted by Gasteiger charge is -2.11. The molecular formula is C24H25N3O4. The van der Waals surface area contributed by atoms with Gasteiger partial charge >= 0.3 is 5.97 Å². The highest BCUT2D eigenvalue weighted by Crippen LogP contribution is 2.23. The third-order valence-electron chi connectivity index (χ3n) is 5.10. The maximum Gasteiger partial charge on any atom is 0.342 e. The van der Waals surface area contributed by atoms with Crippen molar-refractivity contribution < 1.29 is 19.1 Å². The van der Waals surface area contributed by atoms with Crippen LogP contribution in [0.5, 0.6) is 0 Å². The van der Waals surface area contributed by atoms with Crippen LogP contribution in [0.4, 0.5) is 0 Å². The summed E-state index contributed by atoms with van der Waals surface area (Å²) >= 11 is 0. The van der Waals surface area contributed by atoms with E-state index in [0.29, 0.717) is 24.3 Å². The lowest BCUT2D eigenvalue weighted by molar-refractivity contribution is -0.124. The van der Waals surface area contributed by atoms with Crippen LogP contribution >= 0.6 is 0 Å². The number of carbonyl (C=O) groups excluding carboxylic acids is 2. The number of nitrogens with one attached hydrogen (secondary N) is 1. The highest BCUT2D eigenvalue weighted by Gasteiger charge is 2.21. The van der Waals surface area contributed by atoms with E-state index in [-0.39, 0.29) is 18.6 Å². The average molecular weight is 419 g/mol. The molecule has 4 rings (SSSR count). The van der Waals surface area contributed by atoms with Gasteiger partial charge in [-0.3, -0.25) is 9.48 Å². The van der Waals surface area contributed by atoms with Crippen LogP contribution in [0.2, 0.25) is 0 Å². The minimum Gasteiger partial charge on any atom is -0.452 e. The monoisotopic (exact) mass is 419 g/mol. The highest BCUT2D eigenvalue weighted by molar-refractivity contribution is 5.97. The van der Waals surface area contributed by atoms with Gasteiger partial charge in [0, 0.05) is 24.9 Å². The maximum atomic E-state index is 12.8. The van der Waals surface area contributed by atoms with Gasteiger partial charge in [-0.05, 0) is 18.4 Å². The van der Waals surface area contributed by atoms with Crippen molar-refractivity contribution >= 4 is 11.9 Å². The van der Waals surface area contributed by atoms with E-state index in [1.54, 1.807) is 10.9 Å². The summed E-state index contributed by atoms with van der Waals surface area (Å²) < 4.78 is 12.5. The minimum absolute atomic E-state index is 0.0422. The summed E-state index contributed by atoms with van der Waals surface area (Å²) in [4.78, 5) is 24.9. The van der Waals surface area contributed by atoms with Gasteiger partial charge in [-0.15, -0.1) is 0 Å². The molecule has 1 saturated heterocycles. The lowest BCUT2D eigenvalue weighted by Crippen LogP contribution is -2.34. The Balaban J connectivity index is 1.44. The molecule has 1 atom stereocenters. The number of hydrogen-bond acceptors (Lipinski definition) is 5. The molecule has 1 aromatic heterocycles. The van der Waals surface area contributed by atoms with Crippen molar-refractivity contribution in [3.05, 3.63) is 78.0 Å². The first-order valence-corrected chi connectivity index (χ1v) is 10.4. The van der Waals surface area contributed by atoms with E-state index in [4.69, 9.17) is 9.47 Å². The summed E-state index contributed by atoms with van der Waals surface area (Å²) in [6, 6.07) is 19.3.